The Bertz CT molecular complexity index is 1440. The number of amides is 4. The normalized spacial score (nSPS) is 19.0. The van der Waals surface area contributed by atoms with E-state index in [1.807, 2.05) is 43.3 Å². The highest BCUT2D eigenvalue weighted by Crippen LogP contribution is 2.38. The first kappa shape index (κ1) is 33.8. The standard InChI is InChI=1S/C32H40BrF3N6O4/c1-39(2)22-8-12-40(13-9-22)29(43)27(19-20-17-24(32(34,35)36)28(37)25(33)18-20)46-31(45)41-14-10-23(11-15-41)42-16-7-21-5-3-4-6-26(21)38-30(42)44/h3-6,17-18,22-23,27H,7-16,19,37H2,1-2H3,(H,38,44)/t27-/m1/s1. The van der Waals surface area contributed by atoms with E-state index >= 15 is 0 Å². The molecule has 4 amide bonds. The molecule has 1 atom stereocenters. The number of nitrogen functional groups attached to an aromatic ring is 1. The van der Waals surface area contributed by atoms with E-state index in [9.17, 15) is 27.6 Å². The van der Waals surface area contributed by atoms with Crippen molar-refractivity contribution < 1.29 is 32.3 Å². The number of benzene rings is 2. The minimum absolute atomic E-state index is 0.0457. The average Bonchev–Trinajstić information content (AvgIpc) is 3.19. The Labute approximate surface area is 275 Å². The van der Waals surface area contributed by atoms with E-state index in [0.29, 0.717) is 58.0 Å². The molecular weight excluding hydrogens is 669 g/mol. The molecule has 0 radical (unpaired) electrons. The summed E-state index contributed by atoms with van der Waals surface area (Å²) in [6, 6.07) is 10.1. The average molecular weight is 710 g/mol. The summed E-state index contributed by atoms with van der Waals surface area (Å²) in [6.07, 6.45) is -3.77. The van der Waals surface area contributed by atoms with Gasteiger partial charge < -0.3 is 35.4 Å². The second kappa shape index (κ2) is 14.1. The first-order valence-corrected chi connectivity index (χ1v) is 16.3. The second-order valence-corrected chi connectivity index (χ2v) is 13.2. The lowest BCUT2D eigenvalue weighted by atomic mass is 10.00. The molecule has 3 aliphatic heterocycles. The summed E-state index contributed by atoms with van der Waals surface area (Å²) >= 11 is 3.11. The van der Waals surface area contributed by atoms with Crippen LogP contribution in [0.15, 0.2) is 40.9 Å². The fraction of sp³-hybridized carbons (Fsp3) is 0.531. The number of hydrogen-bond acceptors (Lipinski definition) is 6. The summed E-state index contributed by atoms with van der Waals surface area (Å²) in [5.74, 6) is -0.442. The number of piperidine rings is 2. The lowest BCUT2D eigenvalue weighted by molar-refractivity contribution is -0.142. The van der Waals surface area contributed by atoms with Gasteiger partial charge in [0, 0.05) is 61.4 Å². The Morgan fingerprint density at radius 1 is 1.04 bits per heavy atom. The van der Waals surface area contributed by atoms with Crippen molar-refractivity contribution in [2.24, 2.45) is 0 Å². The SMILES string of the molecule is CN(C)C1CCN(C(=O)[C@@H](Cc2cc(Br)c(N)c(C(F)(F)F)c2)OC(=O)N2CCC(N3CCc4ccccc4NC3=O)CC2)CC1. The van der Waals surface area contributed by atoms with Crippen LogP contribution in [0, 0.1) is 0 Å². The molecule has 0 spiro atoms. The molecule has 0 bridgehead atoms. The number of urea groups is 1. The van der Waals surface area contributed by atoms with Gasteiger partial charge >= 0.3 is 18.3 Å². The van der Waals surface area contributed by atoms with Gasteiger partial charge in [-0.3, -0.25) is 4.79 Å². The van der Waals surface area contributed by atoms with Crippen molar-refractivity contribution in [3.8, 4) is 0 Å². The minimum atomic E-state index is -4.70. The number of nitrogens with one attached hydrogen (secondary N) is 1. The molecule has 2 aromatic carbocycles. The summed E-state index contributed by atoms with van der Waals surface area (Å²) in [6.45, 7) is 2.06. The number of hydrogen-bond donors (Lipinski definition) is 2. The zero-order valence-electron chi connectivity index (χ0n) is 26.0. The maximum absolute atomic E-state index is 13.8. The summed E-state index contributed by atoms with van der Waals surface area (Å²) in [4.78, 5) is 47.2. The molecule has 3 N–H and O–H groups in total. The number of carbonyl (C=O) groups excluding carboxylic acids is 3. The molecule has 10 nitrogen and oxygen atoms in total. The third-order valence-electron chi connectivity index (χ3n) is 9.25. The van der Waals surface area contributed by atoms with Crippen LogP contribution in [0.1, 0.15) is 42.4 Å². The molecular formula is C32H40BrF3N6O4. The van der Waals surface area contributed by atoms with E-state index < -0.39 is 35.5 Å². The summed E-state index contributed by atoms with van der Waals surface area (Å²) in [7, 11) is 3.96. The van der Waals surface area contributed by atoms with Crippen molar-refractivity contribution in [1.29, 1.82) is 0 Å². The number of anilines is 2. The number of likely N-dealkylation sites (tertiary alicyclic amines) is 2. The van der Waals surface area contributed by atoms with E-state index in [0.717, 1.165) is 30.2 Å². The van der Waals surface area contributed by atoms with Gasteiger partial charge in [0.05, 0.1) is 11.3 Å². The van der Waals surface area contributed by atoms with E-state index in [-0.39, 0.29) is 28.5 Å². The molecule has 3 aliphatic rings. The number of nitrogens with two attached hydrogens (primary N) is 1. The molecule has 2 saturated heterocycles. The highest BCUT2D eigenvalue weighted by molar-refractivity contribution is 9.10. The molecule has 250 valence electrons. The molecule has 0 unspecified atom stereocenters. The molecule has 2 fully saturated rings. The Balaban J connectivity index is 1.27. The predicted molar refractivity (Wildman–Crippen MR) is 171 cm³/mol. The number of nitrogens with zero attached hydrogens (tertiary/aromatic N) is 4. The van der Waals surface area contributed by atoms with Gasteiger partial charge in [-0.2, -0.15) is 13.2 Å². The van der Waals surface area contributed by atoms with Crippen LogP contribution in [0.5, 0.6) is 0 Å². The number of para-hydroxylation sites is 1. The van der Waals surface area contributed by atoms with Gasteiger partial charge in [-0.1, -0.05) is 18.2 Å². The van der Waals surface area contributed by atoms with Gasteiger partial charge in [0.2, 0.25) is 0 Å². The van der Waals surface area contributed by atoms with Crippen molar-refractivity contribution in [2.45, 2.75) is 62.9 Å². The van der Waals surface area contributed by atoms with Crippen molar-refractivity contribution in [3.63, 3.8) is 0 Å². The number of rotatable bonds is 6. The molecule has 5 rings (SSSR count). The molecule has 2 aromatic rings. The van der Waals surface area contributed by atoms with Crippen molar-refractivity contribution in [1.82, 2.24) is 19.6 Å². The van der Waals surface area contributed by atoms with E-state index in [4.69, 9.17) is 10.5 Å². The molecule has 0 aromatic heterocycles. The molecule has 14 heteroatoms. The highest BCUT2D eigenvalue weighted by Gasteiger charge is 2.38. The number of halogens is 4. The van der Waals surface area contributed by atoms with Crippen molar-refractivity contribution >= 4 is 45.3 Å². The van der Waals surface area contributed by atoms with Gasteiger partial charge in [-0.05, 0) is 91.5 Å². The Hall–Kier alpha value is -3.52. The van der Waals surface area contributed by atoms with Crippen molar-refractivity contribution in [2.75, 3.05) is 57.9 Å². The van der Waals surface area contributed by atoms with Gasteiger partial charge in [-0.25, -0.2) is 9.59 Å². The fourth-order valence-electron chi connectivity index (χ4n) is 6.52. The molecule has 46 heavy (non-hydrogen) atoms. The lowest BCUT2D eigenvalue weighted by Gasteiger charge is -2.39. The van der Waals surface area contributed by atoms with Crippen LogP contribution in [0.25, 0.3) is 0 Å². The number of carbonyl (C=O) groups is 3. The minimum Gasteiger partial charge on any atom is -0.436 e. The molecule has 3 heterocycles. The van der Waals surface area contributed by atoms with Gasteiger partial charge in [0.1, 0.15) is 0 Å². The molecule has 0 aliphatic carbocycles. The van der Waals surface area contributed by atoms with E-state index in [1.54, 1.807) is 4.90 Å². The van der Waals surface area contributed by atoms with Crippen LogP contribution in [-0.2, 0) is 28.5 Å². The first-order chi connectivity index (χ1) is 21.8. The number of ether oxygens (including phenoxy) is 1. The summed E-state index contributed by atoms with van der Waals surface area (Å²) in [5.41, 5.74) is 6.25. The number of fused-ring (bicyclic) bond motifs is 1. The van der Waals surface area contributed by atoms with Gasteiger partial charge in [0.15, 0.2) is 6.10 Å². The fourth-order valence-corrected chi connectivity index (χ4v) is 7.03. The van der Waals surface area contributed by atoms with Crippen LogP contribution >= 0.6 is 15.9 Å². The Kier molecular flexibility index (Phi) is 10.4. The number of alkyl halides is 3. The summed E-state index contributed by atoms with van der Waals surface area (Å²) < 4.78 is 47.0. The largest absolute Gasteiger partial charge is 0.436 e. The van der Waals surface area contributed by atoms with Crippen molar-refractivity contribution in [3.05, 3.63) is 57.6 Å². The van der Waals surface area contributed by atoms with Crippen LogP contribution in [-0.4, -0.2) is 103 Å². The lowest BCUT2D eigenvalue weighted by Crippen LogP contribution is -2.52. The maximum atomic E-state index is 13.8. The topological polar surface area (TPSA) is 111 Å². The van der Waals surface area contributed by atoms with Crippen LogP contribution in [0.2, 0.25) is 0 Å². The van der Waals surface area contributed by atoms with Crippen LogP contribution in [0.3, 0.4) is 0 Å². The zero-order valence-corrected chi connectivity index (χ0v) is 27.6. The zero-order chi connectivity index (χ0) is 33.2. The maximum Gasteiger partial charge on any atom is 0.418 e. The van der Waals surface area contributed by atoms with Crippen LogP contribution in [0.4, 0.5) is 34.1 Å². The quantitative estimate of drug-likeness (QED) is 0.399. The predicted octanol–water partition coefficient (Wildman–Crippen LogP) is 5.21. The first-order valence-electron chi connectivity index (χ1n) is 15.5. The Morgan fingerprint density at radius 2 is 1.70 bits per heavy atom. The van der Waals surface area contributed by atoms with Gasteiger partial charge in [0.25, 0.3) is 5.91 Å². The Morgan fingerprint density at radius 3 is 2.35 bits per heavy atom. The molecule has 0 saturated carbocycles. The highest BCUT2D eigenvalue weighted by atomic mass is 79.9. The van der Waals surface area contributed by atoms with Crippen LogP contribution < -0.4 is 11.1 Å². The monoisotopic (exact) mass is 708 g/mol. The summed E-state index contributed by atoms with van der Waals surface area (Å²) in [5, 5.41) is 2.98. The third-order valence-corrected chi connectivity index (χ3v) is 9.90. The van der Waals surface area contributed by atoms with Gasteiger partial charge in [-0.15, -0.1) is 0 Å². The third kappa shape index (κ3) is 7.71. The van der Waals surface area contributed by atoms with E-state index in [2.05, 4.69) is 26.1 Å². The second-order valence-electron chi connectivity index (χ2n) is 12.4. The smallest absolute Gasteiger partial charge is 0.418 e. The van der Waals surface area contributed by atoms with E-state index in [1.165, 1.54) is 11.0 Å².